The van der Waals surface area contributed by atoms with Gasteiger partial charge in [-0.25, -0.2) is 0 Å². The molecule has 1 aliphatic carbocycles. The highest BCUT2D eigenvalue weighted by molar-refractivity contribution is 6.74. The van der Waals surface area contributed by atoms with Crippen molar-refractivity contribution in [1.82, 2.24) is 0 Å². The fourth-order valence-electron chi connectivity index (χ4n) is 2.20. The summed E-state index contributed by atoms with van der Waals surface area (Å²) in [6.45, 7) is 15.9. The molecule has 2 nitrogen and oxygen atoms in total. The third-order valence-electron chi connectivity index (χ3n) is 4.75. The summed E-state index contributed by atoms with van der Waals surface area (Å²) < 4.78 is 6.17. The molecule has 3 heteroatoms. The van der Waals surface area contributed by atoms with Gasteiger partial charge in [-0.1, -0.05) is 45.6 Å². The maximum Gasteiger partial charge on any atom is 0.191 e. The number of allylic oxidation sites excluding steroid dienone is 1. The highest BCUT2D eigenvalue weighted by Crippen LogP contribution is 2.37. The van der Waals surface area contributed by atoms with E-state index in [2.05, 4.69) is 46.5 Å². The molecule has 0 radical (unpaired) electrons. The van der Waals surface area contributed by atoms with Crippen LogP contribution in [0, 0.1) is 5.92 Å². The van der Waals surface area contributed by atoms with Crippen LogP contribution in [0.2, 0.25) is 18.1 Å². The second-order valence-corrected chi connectivity index (χ2v) is 12.0. The first-order valence-electron chi connectivity index (χ1n) is 7.30. The zero-order valence-electron chi connectivity index (χ0n) is 13.2. The summed E-state index contributed by atoms with van der Waals surface area (Å²) in [5.41, 5.74) is -0.795. The molecule has 0 amide bonds. The Kier molecular flexibility index (Phi) is 5.21. The lowest BCUT2D eigenvalue weighted by molar-refractivity contribution is 0.0788. The van der Waals surface area contributed by atoms with Gasteiger partial charge in [-0.05, 0) is 43.3 Å². The van der Waals surface area contributed by atoms with Gasteiger partial charge in [0.05, 0.1) is 0 Å². The molecule has 0 fully saturated rings. The van der Waals surface area contributed by atoms with Crippen molar-refractivity contribution >= 4 is 8.32 Å². The minimum Gasteiger partial charge on any atom is -0.417 e. The quantitative estimate of drug-likeness (QED) is 0.447. The molecule has 110 valence electrons. The van der Waals surface area contributed by atoms with E-state index in [9.17, 15) is 5.11 Å². The fourth-order valence-corrected chi connectivity index (χ4v) is 3.29. The molecule has 0 bridgehead atoms. The lowest BCUT2D eigenvalue weighted by atomic mass is 9.87. The van der Waals surface area contributed by atoms with Crippen LogP contribution in [0.1, 0.15) is 40.0 Å². The van der Waals surface area contributed by atoms with Crippen molar-refractivity contribution in [2.75, 3.05) is 6.61 Å². The van der Waals surface area contributed by atoms with Crippen LogP contribution in [0.15, 0.2) is 24.8 Å². The van der Waals surface area contributed by atoms with Crippen LogP contribution in [0.5, 0.6) is 0 Å². The van der Waals surface area contributed by atoms with Crippen LogP contribution in [0.25, 0.3) is 0 Å². The summed E-state index contributed by atoms with van der Waals surface area (Å²) in [4.78, 5) is 0. The molecule has 0 saturated heterocycles. The van der Waals surface area contributed by atoms with E-state index in [1.165, 1.54) is 0 Å². The van der Waals surface area contributed by atoms with Gasteiger partial charge in [0.15, 0.2) is 8.32 Å². The van der Waals surface area contributed by atoms with E-state index in [0.717, 1.165) is 25.9 Å². The van der Waals surface area contributed by atoms with Crippen molar-refractivity contribution in [2.24, 2.45) is 5.92 Å². The predicted molar refractivity (Wildman–Crippen MR) is 84.8 cm³/mol. The second kappa shape index (κ2) is 5.94. The first kappa shape index (κ1) is 16.7. The van der Waals surface area contributed by atoms with Crippen molar-refractivity contribution < 1.29 is 9.53 Å². The van der Waals surface area contributed by atoms with E-state index in [1.807, 2.05) is 6.08 Å². The number of rotatable bonds is 6. The second-order valence-electron chi connectivity index (χ2n) is 7.18. The van der Waals surface area contributed by atoms with Gasteiger partial charge < -0.3 is 9.53 Å². The summed E-state index contributed by atoms with van der Waals surface area (Å²) in [6, 6.07) is 0. The van der Waals surface area contributed by atoms with Crippen LogP contribution in [0.4, 0.5) is 0 Å². The summed E-state index contributed by atoms with van der Waals surface area (Å²) in [7, 11) is -1.62. The smallest absolute Gasteiger partial charge is 0.191 e. The first-order chi connectivity index (χ1) is 8.62. The molecule has 1 rings (SSSR count). The van der Waals surface area contributed by atoms with Crippen molar-refractivity contribution in [3.63, 3.8) is 0 Å². The summed E-state index contributed by atoms with van der Waals surface area (Å²) in [5, 5.41) is 10.6. The summed E-state index contributed by atoms with van der Waals surface area (Å²) in [5.74, 6) is 0.271. The van der Waals surface area contributed by atoms with E-state index >= 15 is 0 Å². The molecule has 1 N–H and O–H groups in total. The molecule has 0 aromatic heterocycles. The van der Waals surface area contributed by atoms with E-state index < -0.39 is 13.9 Å². The van der Waals surface area contributed by atoms with Gasteiger partial charge in [-0.15, -0.1) is 0 Å². The monoisotopic (exact) mass is 282 g/mol. The summed E-state index contributed by atoms with van der Waals surface area (Å²) in [6.07, 6.45) is 8.54. The van der Waals surface area contributed by atoms with E-state index in [0.29, 0.717) is 0 Å². The molecule has 0 unspecified atom stereocenters. The van der Waals surface area contributed by atoms with E-state index in [-0.39, 0.29) is 11.0 Å². The van der Waals surface area contributed by atoms with Gasteiger partial charge >= 0.3 is 0 Å². The van der Waals surface area contributed by atoms with Crippen LogP contribution in [0.3, 0.4) is 0 Å². The minimum atomic E-state index is -1.62. The van der Waals surface area contributed by atoms with Crippen LogP contribution < -0.4 is 0 Å². The first-order valence-corrected chi connectivity index (χ1v) is 10.2. The number of hydrogen-bond acceptors (Lipinski definition) is 2. The van der Waals surface area contributed by atoms with Crippen LogP contribution in [-0.2, 0) is 4.43 Å². The molecule has 0 aliphatic heterocycles. The third kappa shape index (κ3) is 4.04. The van der Waals surface area contributed by atoms with Crippen LogP contribution in [-0.4, -0.2) is 25.6 Å². The Balaban J connectivity index is 2.35. The Morgan fingerprint density at radius 1 is 1.47 bits per heavy atom. The number of aliphatic hydroxyl groups is 1. The molecule has 0 aromatic carbocycles. The van der Waals surface area contributed by atoms with Crippen molar-refractivity contribution in [3.8, 4) is 0 Å². The van der Waals surface area contributed by atoms with Gasteiger partial charge in [0, 0.05) is 6.61 Å². The zero-order chi connectivity index (χ0) is 14.7. The largest absolute Gasteiger partial charge is 0.417 e. The van der Waals surface area contributed by atoms with Gasteiger partial charge in [-0.3, -0.25) is 0 Å². The standard InChI is InChI=1S/C16H30O2Si/c1-7-16(17)12-8-10-14(16)11-9-13-18-19(5,6)15(2,3)4/h7-8,12,14,17H,1,9-11,13H2,2-6H3/t14-,16+/m1/s1. The average Bonchev–Trinajstić information content (AvgIpc) is 2.66. The normalized spacial score (nSPS) is 27.8. The van der Waals surface area contributed by atoms with Crippen molar-refractivity contribution in [3.05, 3.63) is 24.8 Å². The Hall–Kier alpha value is -0.383. The predicted octanol–water partition coefficient (Wildman–Crippen LogP) is 4.28. The van der Waals surface area contributed by atoms with Crippen molar-refractivity contribution in [1.29, 1.82) is 0 Å². The van der Waals surface area contributed by atoms with Gasteiger partial charge in [0.25, 0.3) is 0 Å². The molecule has 0 spiro atoms. The molecule has 19 heavy (non-hydrogen) atoms. The van der Waals surface area contributed by atoms with E-state index in [1.54, 1.807) is 6.08 Å². The Bertz CT molecular complexity index is 341. The fraction of sp³-hybridized carbons (Fsp3) is 0.750. The molecule has 0 aromatic rings. The SMILES string of the molecule is C=C[C@]1(O)C=CC[C@@H]1CCCO[Si](C)(C)C(C)(C)C. The zero-order valence-corrected chi connectivity index (χ0v) is 14.2. The van der Waals surface area contributed by atoms with Gasteiger partial charge in [0.2, 0.25) is 0 Å². The molecular weight excluding hydrogens is 252 g/mol. The van der Waals surface area contributed by atoms with Crippen LogP contribution >= 0.6 is 0 Å². The number of hydrogen-bond donors (Lipinski definition) is 1. The maximum atomic E-state index is 10.3. The molecule has 0 heterocycles. The summed E-state index contributed by atoms with van der Waals surface area (Å²) >= 11 is 0. The van der Waals surface area contributed by atoms with Gasteiger partial charge in [0.1, 0.15) is 5.60 Å². The molecule has 0 saturated carbocycles. The van der Waals surface area contributed by atoms with E-state index in [4.69, 9.17) is 4.43 Å². The maximum absolute atomic E-state index is 10.3. The van der Waals surface area contributed by atoms with Gasteiger partial charge in [-0.2, -0.15) is 0 Å². The highest BCUT2D eigenvalue weighted by Gasteiger charge is 2.37. The lowest BCUT2D eigenvalue weighted by Crippen LogP contribution is -2.41. The molecular formula is C16H30O2Si. The average molecular weight is 282 g/mol. The van der Waals surface area contributed by atoms with Crippen molar-refractivity contribution in [2.45, 2.75) is 63.8 Å². The molecule has 1 aliphatic rings. The topological polar surface area (TPSA) is 29.5 Å². The minimum absolute atomic E-state index is 0.268. The molecule has 2 atom stereocenters. The Morgan fingerprint density at radius 3 is 2.63 bits per heavy atom. The third-order valence-corrected chi connectivity index (χ3v) is 9.29. The highest BCUT2D eigenvalue weighted by atomic mass is 28.4. The Labute approximate surface area is 119 Å². The lowest BCUT2D eigenvalue weighted by Gasteiger charge is -2.36. The Morgan fingerprint density at radius 2 is 2.11 bits per heavy atom.